The van der Waals surface area contributed by atoms with E-state index in [0.29, 0.717) is 11.7 Å². The van der Waals surface area contributed by atoms with Gasteiger partial charge in [-0.25, -0.2) is 9.97 Å². The van der Waals surface area contributed by atoms with Crippen LogP contribution in [0.2, 0.25) is 0 Å². The highest BCUT2D eigenvalue weighted by atomic mass is 16.5. The van der Waals surface area contributed by atoms with Gasteiger partial charge in [0, 0.05) is 37.6 Å². The first-order valence-electron chi connectivity index (χ1n) is 7.56. The molecule has 5 nitrogen and oxygen atoms in total. The number of methoxy groups -OCH3 is 1. The van der Waals surface area contributed by atoms with Crippen molar-refractivity contribution in [2.75, 3.05) is 32.2 Å². The molecule has 0 amide bonds. The Balaban J connectivity index is 1.82. The second kappa shape index (κ2) is 6.75. The highest BCUT2D eigenvalue weighted by Gasteiger charge is 2.34. The Hall–Kier alpha value is -2.14. The van der Waals surface area contributed by atoms with Crippen LogP contribution in [0.25, 0.3) is 0 Å². The van der Waals surface area contributed by atoms with Gasteiger partial charge >= 0.3 is 0 Å². The predicted molar refractivity (Wildman–Crippen MR) is 85.2 cm³/mol. The van der Waals surface area contributed by atoms with Gasteiger partial charge in [-0.05, 0) is 18.4 Å². The fourth-order valence-corrected chi connectivity index (χ4v) is 2.97. The van der Waals surface area contributed by atoms with E-state index in [1.807, 2.05) is 0 Å². The van der Waals surface area contributed by atoms with Crippen molar-refractivity contribution >= 4 is 5.82 Å². The summed E-state index contributed by atoms with van der Waals surface area (Å²) >= 11 is 0. The third-order valence-electron chi connectivity index (χ3n) is 4.29. The number of nitrogens with zero attached hydrogens (tertiary/aromatic N) is 2. The SMILES string of the molecule is COc1nccnc1NCC1(c2ccccc2)CCOCC1. The van der Waals surface area contributed by atoms with Crippen LogP contribution in [0.3, 0.4) is 0 Å². The smallest absolute Gasteiger partial charge is 0.257 e. The van der Waals surface area contributed by atoms with Crippen molar-refractivity contribution in [2.24, 2.45) is 0 Å². The summed E-state index contributed by atoms with van der Waals surface area (Å²) in [5.74, 6) is 1.21. The molecule has 0 radical (unpaired) electrons. The van der Waals surface area contributed by atoms with Crippen molar-refractivity contribution in [1.82, 2.24) is 9.97 Å². The Bertz CT molecular complexity index is 598. The van der Waals surface area contributed by atoms with Gasteiger partial charge in [0.05, 0.1) is 7.11 Å². The maximum Gasteiger partial charge on any atom is 0.257 e. The van der Waals surface area contributed by atoms with Crippen LogP contribution in [0.4, 0.5) is 5.82 Å². The van der Waals surface area contributed by atoms with Crippen LogP contribution in [0.1, 0.15) is 18.4 Å². The Morgan fingerprint density at radius 1 is 1.14 bits per heavy atom. The van der Waals surface area contributed by atoms with E-state index in [1.165, 1.54) is 5.56 Å². The minimum Gasteiger partial charge on any atom is -0.478 e. The lowest BCUT2D eigenvalue weighted by atomic mass is 9.74. The van der Waals surface area contributed by atoms with Gasteiger partial charge in [-0.2, -0.15) is 0 Å². The summed E-state index contributed by atoms with van der Waals surface area (Å²) in [5, 5.41) is 3.42. The number of anilines is 1. The molecule has 1 N–H and O–H groups in total. The summed E-state index contributed by atoms with van der Waals surface area (Å²) in [6.45, 7) is 2.36. The number of benzene rings is 1. The number of rotatable bonds is 5. The zero-order valence-electron chi connectivity index (χ0n) is 12.8. The van der Waals surface area contributed by atoms with E-state index < -0.39 is 0 Å². The van der Waals surface area contributed by atoms with E-state index in [1.54, 1.807) is 19.5 Å². The van der Waals surface area contributed by atoms with Gasteiger partial charge in [0.15, 0.2) is 5.82 Å². The maximum absolute atomic E-state index is 5.56. The molecule has 0 unspecified atom stereocenters. The summed E-state index contributed by atoms with van der Waals surface area (Å²) < 4.78 is 10.8. The lowest BCUT2D eigenvalue weighted by Crippen LogP contribution is -2.40. The van der Waals surface area contributed by atoms with Gasteiger partial charge in [0.2, 0.25) is 0 Å². The molecule has 5 heteroatoms. The van der Waals surface area contributed by atoms with Gasteiger partial charge in [0.1, 0.15) is 0 Å². The highest BCUT2D eigenvalue weighted by Crippen LogP contribution is 2.35. The molecule has 0 aliphatic carbocycles. The topological polar surface area (TPSA) is 56.3 Å². The van der Waals surface area contributed by atoms with Crippen molar-refractivity contribution < 1.29 is 9.47 Å². The lowest BCUT2D eigenvalue weighted by Gasteiger charge is -2.38. The molecular formula is C17H21N3O2. The monoisotopic (exact) mass is 299 g/mol. The predicted octanol–water partition coefficient (Wildman–Crippen LogP) is 2.65. The maximum atomic E-state index is 5.56. The molecule has 1 fully saturated rings. The molecule has 2 aromatic rings. The first-order valence-corrected chi connectivity index (χ1v) is 7.56. The molecule has 0 atom stereocenters. The van der Waals surface area contributed by atoms with E-state index in [-0.39, 0.29) is 5.41 Å². The zero-order valence-corrected chi connectivity index (χ0v) is 12.8. The molecule has 0 bridgehead atoms. The second-order valence-corrected chi connectivity index (χ2v) is 5.53. The van der Waals surface area contributed by atoms with Crippen molar-refractivity contribution in [1.29, 1.82) is 0 Å². The van der Waals surface area contributed by atoms with Crippen LogP contribution in [0, 0.1) is 0 Å². The Kier molecular flexibility index (Phi) is 4.53. The van der Waals surface area contributed by atoms with Crippen molar-refractivity contribution in [3.05, 3.63) is 48.3 Å². The standard InChI is InChI=1S/C17H21N3O2/c1-21-16-15(18-9-10-19-16)20-13-17(7-11-22-12-8-17)14-5-3-2-4-6-14/h2-6,9-10H,7-8,11-13H2,1H3,(H,18,20). The molecule has 1 aromatic heterocycles. The zero-order chi connectivity index (χ0) is 15.3. The highest BCUT2D eigenvalue weighted by molar-refractivity contribution is 5.45. The largest absolute Gasteiger partial charge is 0.478 e. The van der Waals surface area contributed by atoms with E-state index in [9.17, 15) is 0 Å². The average Bonchev–Trinajstić information content (AvgIpc) is 2.62. The fraction of sp³-hybridized carbons (Fsp3) is 0.412. The van der Waals surface area contributed by atoms with E-state index >= 15 is 0 Å². The van der Waals surface area contributed by atoms with E-state index in [0.717, 1.165) is 32.6 Å². The molecule has 1 saturated heterocycles. The molecule has 0 saturated carbocycles. The van der Waals surface area contributed by atoms with Gasteiger partial charge in [-0.3, -0.25) is 0 Å². The van der Waals surface area contributed by atoms with Crippen LogP contribution in [0.5, 0.6) is 5.88 Å². The summed E-state index contributed by atoms with van der Waals surface area (Å²) in [7, 11) is 1.61. The molecule has 3 rings (SSSR count). The molecule has 1 aliphatic heterocycles. The Morgan fingerprint density at radius 2 is 1.86 bits per heavy atom. The first kappa shape index (κ1) is 14.8. The summed E-state index contributed by atoms with van der Waals surface area (Å²) in [6.07, 6.45) is 5.29. The second-order valence-electron chi connectivity index (χ2n) is 5.53. The van der Waals surface area contributed by atoms with Crippen LogP contribution in [0.15, 0.2) is 42.7 Å². The van der Waals surface area contributed by atoms with E-state index in [4.69, 9.17) is 9.47 Å². The van der Waals surface area contributed by atoms with Crippen LogP contribution < -0.4 is 10.1 Å². The van der Waals surface area contributed by atoms with E-state index in [2.05, 4.69) is 45.6 Å². The number of nitrogens with one attached hydrogen (secondary N) is 1. The molecule has 1 aromatic carbocycles. The fourth-order valence-electron chi connectivity index (χ4n) is 2.97. The Labute approximate surface area is 130 Å². The third-order valence-corrected chi connectivity index (χ3v) is 4.29. The van der Waals surface area contributed by atoms with Gasteiger partial charge in [0.25, 0.3) is 5.88 Å². The molecule has 1 aliphatic rings. The molecular weight excluding hydrogens is 278 g/mol. The van der Waals surface area contributed by atoms with Crippen LogP contribution in [-0.4, -0.2) is 36.8 Å². The number of hydrogen-bond donors (Lipinski definition) is 1. The molecule has 0 spiro atoms. The molecule has 116 valence electrons. The van der Waals surface area contributed by atoms with Crippen molar-refractivity contribution in [3.63, 3.8) is 0 Å². The van der Waals surface area contributed by atoms with Crippen molar-refractivity contribution in [2.45, 2.75) is 18.3 Å². The van der Waals surface area contributed by atoms with Crippen molar-refractivity contribution in [3.8, 4) is 5.88 Å². The first-order chi connectivity index (χ1) is 10.8. The molecule has 22 heavy (non-hydrogen) atoms. The minimum absolute atomic E-state index is 0.0576. The Morgan fingerprint density at radius 3 is 2.59 bits per heavy atom. The van der Waals surface area contributed by atoms with Gasteiger partial charge < -0.3 is 14.8 Å². The van der Waals surface area contributed by atoms with Gasteiger partial charge in [-0.15, -0.1) is 0 Å². The number of ether oxygens (including phenoxy) is 2. The molecule has 2 heterocycles. The van der Waals surface area contributed by atoms with Gasteiger partial charge in [-0.1, -0.05) is 30.3 Å². The normalized spacial score (nSPS) is 17.0. The summed E-state index contributed by atoms with van der Waals surface area (Å²) in [5.41, 5.74) is 1.40. The third kappa shape index (κ3) is 3.04. The quantitative estimate of drug-likeness (QED) is 0.920. The summed E-state index contributed by atoms with van der Waals surface area (Å²) in [4.78, 5) is 8.51. The number of hydrogen-bond acceptors (Lipinski definition) is 5. The minimum atomic E-state index is 0.0576. The average molecular weight is 299 g/mol. The van der Waals surface area contributed by atoms with Crippen LogP contribution in [-0.2, 0) is 10.2 Å². The lowest BCUT2D eigenvalue weighted by molar-refractivity contribution is 0.0543. The van der Waals surface area contributed by atoms with Crippen LogP contribution >= 0.6 is 0 Å². The number of aromatic nitrogens is 2. The summed E-state index contributed by atoms with van der Waals surface area (Å²) in [6, 6.07) is 10.6.